The molecule has 31 heavy (non-hydrogen) atoms. The summed E-state index contributed by atoms with van der Waals surface area (Å²) < 4.78 is 46.0. The zero-order valence-electron chi connectivity index (χ0n) is 16.2. The number of aromatic amines is 1. The molecule has 1 fully saturated rings. The number of aromatic nitrogens is 2. The molecule has 9 heteroatoms. The largest absolute Gasteiger partial charge is 0.489 e. The standard InChI is InChI=1S/C22H18F3N3O3/c23-22(24,25)19-17(8-18(20(26)29)21(30)28-19)14-3-5-16(6-4-14)31-11-12-7-15(10-27-9-12)13-1-2-13/h3-10,13H,1-2,11H2,(H2,26,29)(H,28,30). The van der Waals surface area contributed by atoms with E-state index >= 15 is 0 Å². The van der Waals surface area contributed by atoms with E-state index in [1.165, 1.54) is 29.8 Å². The summed E-state index contributed by atoms with van der Waals surface area (Å²) in [5, 5.41) is 0. The molecule has 1 aromatic carbocycles. The van der Waals surface area contributed by atoms with Crippen molar-refractivity contribution in [2.45, 2.75) is 31.5 Å². The van der Waals surface area contributed by atoms with Gasteiger partial charge in [0, 0.05) is 23.5 Å². The van der Waals surface area contributed by atoms with E-state index in [0.29, 0.717) is 11.7 Å². The number of carbonyl (C=O) groups excluding carboxylic acids is 1. The van der Waals surface area contributed by atoms with Crippen molar-refractivity contribution in [2.75, 3.05) is 0 Å². The molecule has 0 aliphatic heterocycles. The van der Waals surface area contributed by atoms with Crippen LogP contribution in [-0.2, 0) is 12.8 Å². The molecule has 1 aliphatic rings. The van der Waals surface area contributed by atoms with Gasteiger partial charge in [-0.3, -0.25) is 14.6 Å². The Labute approximate surface area is 174 Å². The van der Waals surface area contributed by atoms with Crippen molar-refractivity contribution in [3.05, 3.63) is 81.5 Å². The fourth-order valence-corrected chi connectivity index (χ4v) is 3.29. The van der Waals surface area contributed by atoms with Gasteiger partial charge in [0.15, 0.2) is 0 Å². The van der Waals surface area contributed by atoms with Crippen LogP contribution in [0.2, 0.25) is 0 Å². The molecule has 2 aromatic heterocycles. The smallest absolute Gasteiger partial charge is 0.431 e. The van der Waals surface area contributed by atoms with Gasteiger partial charge in [0.25, 0.3) is 11.5 Å². The van der Waals surface area contributed by atoms with E-state index in [9.17, 15) is 22.8 Å². The van der Waals surface area contributed by atoms with Gasteiger partial charge in [0.1, 0.15) is 23.6 Å². The number of hydrogen-bond donors (Lipinski definition) is 2. The number of nitrogens with zero attached hydrogens (tertiary/aromatic N) is 1. The van der Waals surface area contributed by atoms with Crippen LogP contribution in [0.3, 0.4) is 0 Å². The highest BCUT2D eigenvalue weighted by molar-refractivity contribution is 5.94. The molecule has 160 valence electrons. The van der Waals surface area contributed by atoms with E-state index in [2.05, 4.69) is 4.98 Å². The summed E-state index contributed by atoms with van der Waals surface area (Å²) in [6.07, 6.45) is 1.06. The summed E-state index contributed by atoms with van der Waals surface area (Å²) in [6.45, 7) is 0.269. The Morgan fingerprint density at radius 1 is 1.16 bits per heavy atom. The van der Waals surface area contributed by atoms with Gasteiger partial charge in [-0.05, 0) is 54.2 Å². The molecule has 0 bridgehead atoms. The minimum Gasteiger partial charge on any atom is -0.489 e. The molecule has 3 aromatic rings. The number of primary amides is 1. The Kier molecular flexibility index (Phi) is 5.26. The summed E-state index contributed by atoms with van der Waals surface area (Å²) in [5.41, 5.74) is 4.00. The van der Waals surface area contributed by atoms with Crippen molar-refractivity contribution in [1.82, 2.24) is 9.97 Å². The number of ether oxygens (including phenoxy) is 1. The van der Waals surface area contributed by atoms with Crippen LogP contribution in [0.5, 0.6) is 5.75 Å². The fraction of sp³-hybridized carbons (Fsp3) is 0.227. The fourth-order valence-electron chi connectivity index (χ4n) is 3.29. The highest BCUT2D eigenvalue weighted by atomic mass is 19.4. The third kappa shape index (κ3) is 4.60. The average molecular weight is 429 g/mol. The second kappa shape index (κ2) is 7.90. The lowest BCUT2D eigenvalue weighted by Gasteiger charge is -2.14. The quantitative estimate of drug-likeness (QED) is 0.619. The van der Waals surface area contributed by atoms with Crippen molar-refractivity contribution < 1.29 is 22.7 Å². The number of carbonyl (C=O) groups is 1. The molecule has 1 aliphatic carbocycles. The minimum absolute atomic E-state index is 0.149. The molecular weight excluding hydrogens is 411 g/mol. The first kappa shape index (κ1) is 20.6. The number of benzene rings is 1. The number of halogens is 3. The Morgan fingerprint density at radius 3 is 2.48 bits per heavy atom. The van der Waals surface area contributed by atoms with Gasteiger partial charge in [-0.15, -0.1) is 0 Å². The van der Waals surface area contributed by atoms with Crippen LogP contribution in [0.1, 0.15) is 45.9 Å². The average Bonchev–Trinajstić information content (AvgIpc) is 3.57. The van der Waals surface area contributed by atoms with Crippen LogP contribution >= 0.6 is 0 Å². The SMILES string of the molecule is NC(=O)c1cc(-c2ccc(OCc3cncc(C4CC4)c3)cc2)c(C(F)(F)F)[nH]c1=O. The number of hydrogen-bond acceptors (Lipinski definition) is 4. The van der Waals surface area contributed by atoms with Crippen molar-refractivity contribution in [3.63, 3.8) is 0 Å². The Hall–Kier alpha value is -3.62. The van der Waals surface area contributed by atoms with E-state index in [1.807, 2.05) is 12.3 Å². The highest BCUT2D eigenvalue weighted by Crippen LogP contribution is 2.40. The first-order valence-corrected chi connectivity index (χ1v) is 9.54. The zero-order valence-corrected chi connectivity index (χ0v) is 16.2. The number of rotatable bonds is 6. The van der Waals surface area contributed by atoms with Crippen LogP contribution in [0.25, 0.3) is 11.1 Å². The molecule has 0 saturated heterocycles. The van der Waals surface area contributed by atoms with Gasteiger partial charge in [0.2, 0.25) is 0 Å². The summed E-state index contributed by atoms with van der Waals surface area (Å²) in [5.74, 6) is -0.0935. The van der Waals surface area contributed by atoms with Crippen LogP contribution in [0.4, 0.5) is 13.2 Å². The van der Waals surface area contributed by atoms with Gasteiger partial charge in [-0.1, -0.05) is 12.1 Å². The maximum atomic E-state index is 13.4. The summed E-state index contributed by atoms with van der Waals surface area (Å²) in [4.78, 5) is 29.1. The second-order valence-corrected chi connectivity index (χ2v) is 7.38. The molecular formula is C22H18F3N3O3. The van der Waals surface area contributed by atoms with Crippen molar-refractivity contribution in [2.24, 2.45) is 5.73 Å². The molecule has 1 saturated carbocycles. The van der Waals surface area contributed by atoms with Crippen molar-refractivity contribution in [3.8, 4) is 16.9 Å². The summed E-state index contributed by atoms with van der Waals surface area (Å²) in [7, 11) is 0. The Balaban J connectivity index is 1.57. The molecule has 0 radical (unpaired) electrons. The van der Waals surface area contributed by atoms with Crippen molar-refractivity contribution >= 4 is 5.91 Å². The lowest BCUT2D eigenvalue weighted by atomic mass is 10.0. The molecule has 0 atom stereocenters. The third-order valence-corrected chi connectivity index (χ3v) is 5.03. The number of alkyl halides is 3. The molecule has 6 nitrogen and oxygen atoms in total. The van der Waals surface area contributed by atoms with E-state index in [0.717, 1.165) is 24.5 Å². The molecule has 2 heterocycles. The monoisotopic (exact) mass is 429 g/mol. The molecule has 4 rings (SSSR count). The predicted octanol–water partition coefficient (Wildman–Crippen LogP) is 4.01. The van der Waals surface area contributed by atoms with E-state index in [4.69, 9.17) is 10.5 Å². The number of nitrogens with one attached hydrogen (secondary N) is 1. The minimum atomic E-state index is -4.82. The first-order chi connectivity index (χ1) is 14.7. The Bertz CT molecular complexity index is 1180. The second-order valence-electron chi connectivity index (χ2n) is 7.38. The third-order valence-electron chi connectivity index (χ3n) is 5.03. The maximum Gasteiger partial charge on any atom is 0.431 e. The van der Waals surface area contributed by atoms with Crippen LogP contribution in [0.15, 0.2) is 53.6 Å². The van der Waals surface area contributed by atoms with Crippen molar-refractivity contribution in [1.29, 1.82) is 0 Å². The molecule has 1 amide bonds. The van der Waals surface area contributed by atoms with Gasteiger partial charge in [-0.25, -0.2) is 0 Å². The molecule has 0 spiro atoms. The van der Waals surface area contributed by atoms with Crippen LogP contribution in [0, 0.1) is 0 Å². The van der Waals surface area contributed by atoms with Crippen LogP contribution in [-0.4, -0.2) is 15.9 Å². The van der Waals surface area contributed by atoms with E-state index in [1.54, 1.807) is 11.2 Å². The molecule has 0 unspecified atom stereocenters. The molecule has 3 N–H and O–H groups in total. The zero-order chi connectivity index (χ0) is 22.2. The maximum absolute atomic E-state index is 13.4. The van der Waals surface area contributed by atoms with Gasteiger partial charge in [-0.2, -0.15) is 13.2 Å². The lowest BCUT2D eigenvalue weighted by molar-refractivity contribution is -0.140. The first-order valence-electron chi connectivity index (χ1n) is 9.54. The van der Waals surface area contributed by atoms with Crippen LogP contribution < -0.4 is 16.0 Å². The van der Waals surface area contributed by atoms with E-state index < -0.39 is 28.9 Å². The number of H-pyrrole nitrogens is 1. The normalized spacial score (nSPS) is 13.8. The number of nitrogens with two attached hydrogens (primary N) is 1. The summed E-state index contributed by atoms with van der Waals surface area (Å²) >= 11 is 0. The predicted molar refractivity (Wildman–Crippen MR) is 107 cm³/mol. The summed E-state index contributed by atoms with van der Waals surface area (Å²) in [6, 6.07) is 8.77. The number of amides is 1. The topological polar surface area (TPSA) is 98.1 Å². The van der Waals surface area contributed by atoms with Gasteiger partial charge in [0.05, 0.1) is 0 Å². The Morgan fingerprint density at radius 2 is 1.87 bits per heavy atom. The van der Waals surface area contributed by atoms with Gasteiger partial charge >= 0.3 is 6.18 Å². The number of pyridine rings is 2. The highest BCUT2D eigenvalue weighted by Gasteiger charge is 2.36. The van der Waals surface area contributed by atoms with Gasteiger partial charge < -0.3 is 15.5 Å². The lowest BCUT2D eigenvalue weighted by Crippen LogP contribution is -2.27. The van der Waals surface area contributed by atoms with E-state index in [-0.39, 0.29) is 17.7 Å².